The number of anilines is 3. The highest BCUT2D eigenvalue weighted by Gasteiger charge is 2.29. The monoisotopic (exact) mass is 425 g/mol. The molecule has 0 N–H and O–H groups in total. The Morgan fingerprint density at radius 1 is 0.515 bits per heavy atom. The molecule has 33 heavy (non-hydrogen) atoms. The molecule has 0 radical (unpaired) electrons. The molecule has 158 valence electrons. The summed E-state index contributed by atoms with van der Waals surface area (Å²) < 4.78 is 6.30. The summed E-state index contributed by atoms with van der Waals surface area (Å²) in [5.74, 6) is 1.71. The minimum absolute atomic E-state index is 0.856. The van der Waals surface area contributed by atoms with E-state index in [1.807, 2.05) is 24.3 Å². The SMILES string of the molecule is Cc1cc(-c2ccccc2)c(N2c3ccccc3Oc3ccccc32)c(-c2ccccc2)c1. The number of rotatable bonds is 3. The number of nitrogens with zero attached hydrogens (tertiary/aromatic N) is 1. The van der Waals surface area contributed by atoms with Crippen LogP contribution in [-0.2, 0) is 0 Å². The molecular weight excluding hydrogens is 402 g/mol. The van der Waals surface area contributed by atoms with E-state index in [-0.39, 0.29) is 0 Å². The summed E-state index contributed by atoms with van der Waals surface area (Å²) in [6.07, 6.45) is 0. The summed E-state index contributed by atoms with van der Waals surface area (Å²) in [5.41, 5.74) is 9.22. The Hall–Kier alpha value is -4.30. The highest BCUT2D eigenvalue weighted by molar-refractivity contribution is 6.00. The Kier molecular flexibility index (Phi) is 4.70. The van der Waals surface area contributed by atoms with Gasteiger partial charge in [-0.1, -0.05) is 84.9 Å². The smallest absolute Gasteiger partial charge is 0.151 e. The maximum atomic E-state index is 6.30. The van der Waals surface area contributed by atoms with Crippen LogP contribution in [0.25, 0.3) is 22.3 Å². The number of hydrogen-bond donors (Lipinski definition) is 0. The molecule has 0 fully saturated rings. The first-order chi connectivity index (χ1) is 16.3. The number of para-hydroxylation sites is 4. The van der Waals surface area contributed by atoms with E-state index >= 15 is 0 Å². The molecule has 0 saturated carbocycles. The van der Waals surface area contributed by atoms with Crippen LogP contribution in [0.3, 0.4) is 0 Å². The summed E-state index contributed by atoms with van der Waals surface area (Å²) >= 11 is 0. The van der Waals surface area contributed by atoms with Gasteiger partial charge < -0.3 is 9.64 Å². The van der Waals surface area contributed by atoms with Crippen LogP contribution >= 0.6 is 0 Å². The highest BCUT2D eigenvalue weighted by atomic mass is 16.5. The average molecular weight is 426 g/mol. The first-order valence-electron chi connectivity index (χ1n) is 11.2. The maximum Gasteiger partial charge on any atom is 0.151 e. The van der Waals surface area contributed by atoms with Gasteiger partial charge in [0.25, 0.3) is 0 Å². The van der Waals surface area contributed by atoms with E-state index in [0.717, 1.165) is 28.6 Å². The van der Waals surface area contributed by atoms with Crippen molar-refractivity contribution in [3.63, 3.8) is 0 Å². The minimum Gasteiger partial charge on any atom is -0.453 e. The van der Waals surface area contributed by atoms with Crippen molar-refractivity contribution in [2.45, 2.75) is 6.92 Å². The molecular formula is C31H23NO. The highest BCUT2D eigenvalue weighted by Crippen LogP contribution is 2.54. The molecule has 5 aromatic carbocycles. The molecule has 0 amide bonds. The van der Waals surface area contributed by atoms with Gasteiger partial charge in [0.15, 0.2) is 11.5 Å². The lowest BCUT2D eigenvalue weighted by Gasteiger charge is -2.35. The molecule has 1 aliphatic rings. The van der Waals surface area contributed by atoms with Gasteiger partial charge in [-0.3, -0.25) is 0 Å². The molecule has 1 aliphatic heterocycles. The van der Waals surface area contributed by atoms with Crippen molar-refractivity contribution in [3.05, 3.63) is 127 Å². The van der Waals surface area contributed by atoms with Crippen LogP contribution in [0.15, 0.2) is 121 Å². The molecule has 5 aromatic rings. The molecule has 2 nitrogen and oxygen atoms in total. The topological polar surface area (TPSA) is 12.5 Å². The number of fused-ring (bicyclic) bond motifs is 2. The van der Waals surface area contributed by atoms with Gasteiger partial charge in [-0.2, -0.15) is 0 Å². The van der Waals surface area contributed by atoms with Crippen molar-refractivity contribution in [1.82, 2.24) is 0 Å². The van der Waals surface area contributed by atoms with E-state index in [1.54, 1.807) is 0 Å². The average Bonchev–Trinajstić information content (AvgIpc) is 2.88. The summed E-state index contributed by atoms with van der Waals surface area (Å²) in [4.78, 5) is 2.36. The van der Waals surface area contributed by atoms with Crippen molar-refractivity contribution < 1.29 is 4.74 Å². The number of benzene rings is 5. The number of hydrogen-bond acceptors (Lipinski definition) is 2. The predicted octanol–water partition coefficient (Wildman–Crippen LogP) is 8.90. The molecule has 0 aliphatic carbocycles. The lowest BCUT2D eigenvalue weighted by Crippen LogP contribution is -2.17. The van der Waals surface area contributed by atoms with Crippen LogP contribution in [-0.4, -0.2) is 0 Å². The van der Waals surface area contributed by atoms with Gasteiger partial charge in [0.1, 0.15) is 0 Å². The van der Waals surface area contributed by atoms with Crippen molar-refractivity contribution in [2.24, 2.45) is 0 Å². The van der Waals surface area contributed by atoms with Crippen LogP contribution < -0.4 is 9.64 Å². The zero-order valence-electron chi connectivity index (χ0n) is 18.4. The Morgan fingerprint density at radius 2 is 0.939 bits per heavy atom. The second kappa shape index (κ2) is 7.99. The third-order valence-corrected chi connectivity index (χ3v) is 6.08. The quantitative estimate of drug-likeness (QED) is 0.281. The van der Waals surface area contributed by atoms with Gasteiger partial charge in [0, 0.05) is 11.1 Å². The second-order valence-corrected chi connectivity index (χ2v) is 8.31. The van der Waals surface area contributed by atoms with Crippen molar-refractivity contribution in [3.8, 4) is 33.8 Å². The Balaban J connectivity index is 1.73. The zero-order valence-corrected chi connectivity index (χ0v) is 18.4. The van der Waals surface area contributed by atoms with E-state index < -0.39 is 0 Å². The molecule has 0 aromatic heterocycles. The third-order valence-electron chi connectivity index (χ3n) is 6.08. The van der Waals surface area contributed by atoms with Crippen LogP contribution in [0.5, 0.6) is 11.5 Å². The van der Waals surface area contributed by atoms with Gasteiger partial charge >= 0.3 is 0 Å². The fourth-order valence-electron chi connectivity index (χ4n) is 4.64. The molecule has 0 spiro atoms. The largest absolute Gasteiger partial charge is 0.453 e. The van der Waals surface area contributed by atoms with E-state index in [4.69, 9.17) is 4.74 Å². The molecule has 6 rings (SSSR count). The van der Waals surface area contributed by atoms with Crippen molar-refractivity contribution >= 4 is 17.1 Å². The van der Waals surface area contributed by atoms with Crippen molar-refractivity contribution in [2.75, 3.05) is 4.90 Å². The van der Waals surface area contributed by atoms with Crippen LogP contribution in [0.2, 0.25) is 0 Å². The molecule has 0 atom stereocenters. The van der Waals surface area contributed by atoms with E-state index in [2.05, 4.69) is 109 Å². The molecule has 0 unspecified atom stereocenters. The van der Waals surface area contributed by atoms with Gasteiger partial charge in [0.05, 0.1) is 17.1 Å². The number of aryl methyl sites for hydroxylation is 1. The van der Waals surface area contributed by atoms with Crippen LogP contribution in [0, 0.1) is 6.92 Å². The first-order valence-corrected chi connectivity index (χ1v) is 11.2. The maximum absolute atomic E-state index is 6.30. The standard InChI is InChI=1S/C31H23NO/c1-22-20-25(23-12-4-2-5-13-23)31(26(21-22)24-14-6-3-7-15-24)32-27-16-8-10-18-29(27)33-30-19-11-9-17-28(30)32/h2-21H,1H3. The first kappa shape index (κ1) is 19.4. The summed E-state index contributed by atoms with van der Waals surface area (Å²) in [5, 5.41) is 0. The van der Waals surface area contributed by atoms with E-state index in [9.17, 15) is 0 Å². The Bertz CT molecular complexity index is 1330. The van der Waals surface area contributed by atoms with Gasteiger partial charge in [-0.05, 0) is 60.0 Å². The lowest BCUT2D eigenvalue weighted by atomic mass is 9.92. The van der Waals surface area contributed by atoms with Crippen LogP contribution in [0.4, 0.5) is 17.1 Å². The molecule has 1 heterocycles. The van der Waals surface area contributed by atoms with Gasteiger partial charge in [-0.25, -0.2) is 0 Å². The predicted molar refractivity (Wildman–Crippen MR) is 137 cm³/mol. The van der Waals surface area contributed by atoms with Gasteiger partial charge in [-0.15, -0.1) is 0 Å². The van der Waals surface area contributed by atoms with Crippen molar-refractivity contribution in [1.29, 1.82) is 0 Å². The third kappa shape index (κ3) is 3.37. The normalized spacial score (nSPS) is 12.0. The van der Waals surface area contributed by atoms with Crippen LogP contribution in [0.1, 0.15) is 5.56 Å². The Morgan fingerprint density at radius 3 is 1.42 bits per heavy atom. The fraction of sp³-hybridized carbons (Fsp3) is 0.0323. The minimum atomic E-state index is 0.856. The lowest BCUT2D eigenvalue weighted by molar-refractivity contribution is 0.477. The molecule has 0 saturated heterocycles. The van der Waals surface area contributed by atoms with E-state index in [1.165, 1.54) is 27.8 Å². The summed E-state index contributed by atoms with van der Waals surface area (Å²) in [6.45, 7) is 2.17. The van der Waals surface area contributed by atoms with Gasteiger partial charge in [0.2, 0.25) is 0 Å². The summed E-state index contributed by atoms with van der Waals surface area (Å²) in [7, 11) is 0. The number of ether oxygens (including phenoxy) is 1. The second-order valence-electron chi connectivity index (χ2n) is 8.31. The molecule has 2 heteroatoms. The van der Waals surface area contributed by atoms with E-state index in [0.29, 0.717) is 0 Å². The zero-order chi connectivity index (χ0) is 22.2. The molecule has 0 bridgehead atoms. The Labute approximate surface area is 194 Å². The summed E-state index contributed by atoms with van der Waals surface area (Å²) in [6, 6.07) is 42.4. The fourth-order valence-corrected chi connectivity index (χ4v) is 4.64.